The molecule has 0 bridgehead atoms. The van der Waals surface area contributed by atoms with E-state index in [0.29, 0.717) is 0 Å². The predicted octanol–water partition coefficient (Wildman–Crippen LogP) is 13.0. The minimum atomic E-state index is -0.248. The Hall–Kier alpha value is -4.90. The number of aliphatic imine (C=N–C) groups is 1. The van der Waals surface area contributed by atoms with E-state index in [4.69, 9.17) is 19.5 Å². The van der Waals surface area contributed by atoms with Gasteiger partial charge in [0.25, 0.3) is 0 Å². The maximum atomic E-state index is 6.94. The van der Waals surface area contributed by atoms with Crippen molar-refractivity contribution in [1.29, 1.82) is 0 Å². The minimum Gasteiger partial charge on any atom is -0.469 e. The van der Waals surface area contributed by atoms with Crippen molar-refractivity contribution in [2.75, 3.05) is 4.90 Å². The van der Waals surface area contributed by atoms with Crippen molar-refractivity contribution in [3.8, 4) is 22.6 Å². The van der Waals surface area contributed by atoms with Gasteiger partial charge in [0.2, 0.25) is 5.90 Å². The molecule has 0 amide bonds. The third-order valence-electron chi connectivity index (χ3n) is 12.0. The van der Waals surface area contributed by atoms with Gasteiger partial charge in [0, 0.05) is 28.8 Å². The first-order valence-corrected chi connectivity index (χ1v) is 19.7. The molecule has 1 saturated carbocycles. The number of aromatic nitrogens is 1. The molecule has 1 aliphatic carbocycles. The lowest BCUT2D eigenvalue weighted by Gasteiger charge is -2.42. The summed E-state index contributed by atoms with van der Waals surface area (Å²) in [5.41, 5.74) is 14.9. The van der Waals surface area contributed by atoms with Crippen LogP contribution in [0.1, 0.15) is 117 Å². The van der Waals surface area contributed by atoms with Gasteiger partial charge in [-0.2, -0.15) is 0 Å². The van der Waals surface area contributed by atoms with Crippen molar-refractivity contribution >= 4 is 23.1 Å². The number of pyridine rings is 1. The largest absolute Gasteiger partial charge is 0.469 e. The van der Waals surface area contributed by atoms with E-state index in [1.165, 1.54) is 51.8 Å². The fraction of sp³-hybridized carbons (Fsp3) is 0.388. The average molecular weight is 718 g/mol. The van der Waals surface area contributed by atoms with Crippen molar-refractivity contribution in [2.24, 2.45) is 4.99 Å². The zero-order valence-corrected chi connectivity index (χ0v) is 34.1. The summed E-state index contributed by atoms with van der Waals surface area (Å²) in [5.74, 6) is 3.21. The molecule has 5 nitrogen and oxygen atoms in total. The van der Waals surface area contributed by atoms with Gasteiger partial charge in [-0.25, -0.2) is 9.98 Å². The number of benzene rings is 4. The van der Waals surface area contributed by atoms with Gasteiger partial charge in [0.15, 0.2) is 0 Å². The molecule has 3 aliphatic rings. The molecule has 278 valence electrons. The Morgan fingerprint density at radius 3 is 2.17 bits per heavy atom. The van der Waals surface area contributed by atoms with Gasteiger partial charge in [-0.05, 0) is 153 Å². The Morgan fingerprint density at radius 1 is 0.741 bits per heavy atom. The standard InChI is InChI=1S/C49H55N3O2/c1-29-18-32(4)44(33(5)19-29)34-23-35(46-51-43-14-12-13-17-49(43,11)54-46)25-39(24-34)53-38-21-30(2)20-37(27-38)52-42-16-15-36(47(6,7)8)26-40(42)48(9,10)41-22-31(3)28-50-45(41)52/h15-16,18-28,43H,12-14,17H2,1-11H3/t43-,49+/m1/s1. The molecule has 0 unspecified atom stereocenters. The van der Waals surface area contributed by atoms with Gasteiger partial charge in [-0.1, -0.05) is 70.9 Å². The molecule has 2 atom stereocenters. The first kappa shape index (κ1) is 36.1. The molecule has 0 radical (unpaired) electrons. The van der Waals surface area contributed by atoms with Crippen LogP contribution in [-0.2, 0) is 15.6 Å². The van der Waals surface area contributed by atoms with Crippen molar-refractivity contribution in [3.05, 3.63) is 129 Å². The van der Waals surface area contributed by atoms with Crippen LogP contribution in [0.3, 0.4) is 0 Å². The highest BCUT2D eigenvalue weighted by Crippen LogP contribution is 2.52. The van der Waals surface area contributed by atoms with Crippen molar-refractivity contribution in [1.82, 2.24) is 4.98 Å². The molecule has 4 aromatic carbocycles. The van der Waals surface area contributed by atoms with Crippen LogP contribution in [0.5, 0.6) is 11.5 Å². The SMILES string of the molecule is Cc1cc(Oc2cc(C3=N[C@@H]4CCCC[C@]4(C)O3)cc(-c3c(C)cc(C)cc3C)c2)cc(N2c3ccc(C(C)(C)C)cc3C(C)(C)c3cc(C)cnc32)c1. The number of ether oxygens (including phenoxy) is 2. The summed E-state index contributed by atoms with van der Waals surface area (Å²) in [4.78, 5) is 12.6. The van der Waals surface area contributed by atoms with Crippen LogP contribution in [0, 0.1) is 34.6 Å². The van der Waals surface area contributed by atoms with Gasteiger partial charge in [-0.15, -0.1) is 0 Å². The molecular weight excluding hydrogens is 663 g/mol. The molecule has 2 aliphatic heterocycles. The number of hydrogen-bond donors (Lipinski definition) is 0. The second kappa shape index (κ2) is 12.9. The second-order valence-electron chi connectivity index (χ2n) is 18.1. The molecule has 3 heterocycles. The molecule has 0 N–H and O–H groups in total. The highest BCUT2D eigenvalue weighted by molar-refractivity contribution is 5.98. The number of fused-ring (bicyclic) bond motifs is 3. The summed E-state index contributed by atoms with van der Waals surface area (Å²) in [6.07, 6.45) is 6.45. The van der Waals surface area contributed by atoms with E-state index < -0.39 is 0 Å². The van der Waals surface area contributed by atoms with E-state index in [0.717, 1.165) is 69.7 Å². The third kappa shape index (κ3) is 6.29. The van der Waals surface area contributed by atoms with E-state index in [1.807, 2.05) is 6.20 Å². The van der Waals surface area contributed by atoms with Crippen LogP contribution in [-0.4, -0.2) is 22.5 Å². The summed E-state index contributed by atoms with van der Waals surface area (Å²) in [5, 5.41) is 0. The topological polar surface area (TPSA) is 47.0 Å². The predicted molar refractivity (Wildman–Crippen MR) is 224 cm³/mol. The van der Waals surface area contributed by atoms with Crippen LogP contribution in [0.15, 0.2) is 84.0 Å². The lowest BCUT2D eigenvalue weighted by Crippen LogP contribution is -2.39. The maximum Gasteiger partial charge on any atom is 0.217 e. The Morgan fingerprint density at radius 2 is 1.44 bits per heavy atom. The van der Waals surface area contributed by atoms with Crippen LogP contribution in [0.4, 0.5) is 17.2 Å². The number of aryl methyl sites for hydroxylation is 5. The molecule has 0 spiro atoms. The van der Waals surface area contributed by atoms with Crippen LogP contribution >= 0.6 is 0 Å². The zero-order valence-electron chi connectivity index (χ0n) is 34.1. The van der Waals surface area contributed by atoms with Crippen LogP contribution < -0.4 is 9.64 Å². The van der Waals surface area contributed by atoms with Gasteiger partial charge in [-0.3, -0.25) is 4.90 Å². The quantitative estimate of drug-likeness (QED) is 0.182. The van der Waals surface area contributed by atoms with Gasteiger partial charge in [0.1, 0.15) is 22.9 Å². The summed E-state index contributed by atoms with van der Waals surface area (Å²) in [6, 6.07) is 27.0. The summed E-state index contributed by atoms with van der Waals surface area (Å²) in [6.45, 7) is 24.6. The lowest BCUT2D eigenvalue weighted by molar-refractivity contribution is 0.0446. The Bertz CT molecular complexity index is 2320. The van der Waals surface area contributed by atoms with Crippen LogP contribution in [0.25, 0.3) is 11.1 Å². The first-order valence-electron chi connectivity index (χ1n) is 19.7. The Balaban J connectivity index is 1.25. The van der Waals surface area contributed by atoms with E-state index in [1.54, 1.807) is 0 Å². The highest BCUT2D eigenvalue weighted by atomic mass is 16.5. The summed E-state index contributed by atoms with van der Waals surface area (Å²) < 4.78 is 13.7. The number of anilines is 3. The summed E-state index contributed by atoms with van der Waals surface area (Å²) >= 11 is 0. The molecule has 0 saturated heterocycles. The Labute approximate surface area is 322 Å². The van der Waals surface area contributed by atoms with Gasteiger partial charge < -0.3 is 9.47 Å². The second-order valence-corrected chi connectivity index (χ2v) is 18.1. The molecule has 54 heavy (non-hydrogen) atoms. The molecule has 1 fully saturated rings. The van der Waals surface area contributed by atoms with Gasteiger partial charge in [0.05, 0.1) is 17.4 Å². The van der Waals surface area contributed by atoms with E-state index in [9.17, 15) is 0 Å². The maximum absolute atomic E-state index is 6.94. The van der Waals surface area contributed by atoms with E-state index >= 15 is 0 Å². The smallest absolute Gasteiger partial charge is 0.217 e. The Kier molecular flexibility index (Phi) is 8.59. The van der Waals surface area contributed by atoms with E-state index in [-0.39, 0.29) is 22.5 Å². The van der Waals surface area contributed by atoms with Gasteiger partial charge >= 0.3 is 0 Å². The van der Waals surface area contributed by atoms with Crippen LogP contribution in [0.2, 0.25) is 0 Å². The third-order valence-corrected chi connectivity index (χ3v) is 12.0. The molecule has 5 aromatic rings. The zero-order chi connectivity index (χ0) is 38.3. The fourth-order valence-corrected chi connectivity index (χ4v) is 9.16. The average Bonchev–Trinajstić information content (AvgIpc) is 3.45. The first-order chi connectivity index (χ1) is 25.5. The normalized spacial score (nSPS) is 20.1. The number of hydrogen-bond acceptors (Lipinski definition) is 5. The lowest BCUT2D eigenvalue weighted by atomic mass is 9.72. The molecule has 5 heteroatoms. The number of nitrogens with zero attached hydrogens (tertiary/aromatic N) is 3. The summed E-state index contributed by atoms with van der Waals surface area (Å²) in [7, 11) is 0. The fourth-order valence-electron chi connectivity index (χ4n) is 9.16. The van der Waals surface area contributed by atoms with Crippen molar-refractivity contribution in [2.45, 2.75) is 124 Å². The highest BCUT2D eigenvalue weighted by Gasteiger charge is 2.44. The molecular formula is C49H55N3O2. The number of rotatable bonds is 5. The van der Waals surface area contributed by atoms with Crippen molar-refractivity contribution < 1.29 is 9.47 Å². The minimum absolute atomic E-state index is 0.0271. The monoisotopic (exact) mass is 717 g/mol. The van der Waals surface area contributed by atoms with Crippen molar-refractivity contribution in [3.63, 3.8) is 0 Å². The van der Waals surface area contributed by atoms with E-state index in [2.05, 4.69) is 154 Å². The molecule has 1 aromatic heterocycles. The molecule has 8 rings (SSSR count).